The lowest BCUT2D eigenvalue weighted by Gasteiger charge is -2.06. The Morgan fingerprint density at radius 1 is 0.909 bits per heavy atom. The van der Waals surface area contributed by atoms with Crippen molar-refractivity contribution < 1.29 is 0 Å². The van der Waals surface area contributed by atoms with Gasteiger partial charge in [-0.1, -0.05) is 70.5 Å². The highest BCUT2D eigenvalue weighted by Crippen LogP contribution is 2.14. The lowest BCUT2D eigenvalue weighted by atomic mass is 10.0. The summed E-state index contributed by atoms with van der Waals surface area (Å²) in [5.74, 6) is 6.10. The van der Waals surface area contributed by atoms with Gasteiger partial charge in [-0.15, -0.1) is 12.0 Å². The summed E-state index contributed by atoms with van der Waals surface area (Å²) in [5, 5.41) is 0. The fraction of sp³-hybridized carbons (Fsp3) is 0.524. The van der Waals surface area contributed by atoms with Crippen LogP contribution >= 0.6 is 0 Å². The molecule has 118 valence electrons. The van der Waals surface area contributed by atoms with E-state index in [0.29, 0.717) is 0 Å². The van der Waals surface area contributed by atoms with E-state index in [-0.39, 0.29) is 0 Å². The summed E-state index contributed by atoms with van der Waals surface area (Å²) in [7, 11) is -1.34. The Hall–Kier alpha value is -1.44. The van der Waals surface area contributed by atoms with Crippen LogP contribution in [0.1, 0.15) is 62.1 Å². The molecule has 0 saturated carbocycles. The van der Waals surface area contributed by atoms with Gasteiger partial charge in [-0.05, 0) is 36.6 Å². The van der Waals surface area contributed by atoms with Crippen LogP contribution < -0.4 is 0 Å². The molecule has 0 aliphatic carbocycles. The zero-order valence-corrected chi connectivity index (χ0v) is 15.8. The second-order valence-electron chi connectivity index (χ2n) is 7.08. The molecule has 0 amide bonds. The second kappa shape index (κ2) is 9.55. The zero-order valence-electron chi connectivity index (χ0n) is 14.8. The Balaban J connectivity index is 2.66. The Labute approximate surface area is 138 Å². The van der Waals surface area contributed by atoms with Crippen molar-refractivity contribution in [1.82, 2.24) is 0 Å². The van der Waals surface area contributed by atoms with E-state index in [9.17, 15) is 0 Å². The molecule has 0 unspecified atom stereocenters. The van der Waals surface area contributed by atoms with Crippen LogP contribution in [0.25, 0.3) is 0 Å². The monoisotopic (exact) mass is 310 g/mol. The molecule has 0 nitrogen and oxygen atoms in total. The van der Waals surface area contributed by atoms with Gasteiger partial charge in [0.15, 0.2) is 0 Å². The minimum atomic E-state index is -1.34. The topological polar surface area (TPSA) is 0 Å². The fourth-order valence-electron chi connectivity index (χ4n) is 2.36. The summed E-state index contributed by atoms with van der Waals surface area (Å²) in [6, 6.07) is 6.41. The maximum Gasteiger partial charge on any atom is 0.129 e. The molecule has 0 aliphatic rings. The number of hydrogen-bond acceptors (Lipinski definition) is 0. The predicted molar refractivity (Wildman–Crippen MR) is 102 cm³/mol. The van der Waals surface area contributed by atoms with E-state index in [0.717, 1.165) is 17.5 Å². The third-order valence-corrected chi connectivity index (χ3v) is 4.44. The van der Waals surface area contributed by atoms with Crippen molar-refractivity contribution in [2.75, 3.05) is 0 Å². The van der Waals surface area contributed by atoms with E-state index in [4.69, 9.17) is 6.42 Å². The van der Waals surface area contributed by atoms with Crippen molar-refractivity contribution in [1.29, 1.82) is 0 Å². The van der Waals surface area contributed by atoms with E-state index in [1.165, 1.54) is 44.1 Å². The number of terminal acetylenes is 1. The molecule has 1 aromatic carbocycles. The first-order valence-electron chi connectivity index (χ1n) is 8.58. The van der Waals surface area contributed by atoms with Crippen LogP contribution in [0.2, 0.25) is 19.6 Å². The van der Waals surface area contributed by atoms with Crippen LogP contribution in [0.3, 0.4) is 0 Å². The Morgan fingerprint density at radius 2 is 1.55 bits per heavy atom. The summed E-state index contributed by atoms with van der Waals surface area (Å²) >= 11 is 0. The first-order valence-corrected chi connectivity index (χ1v) is 12.1. The van der Waals surface area contributed by atoms with E-state index in [1.807, 2.05) is 6.07 Å². The standard InChI is InChI=1S/C21H30Si/c1-6-8-9-10-11-12-13-20-16-19(7-2)17-21(18-20)14-15-22(3,4)5/h2,16-18H,6,8-13H2,1,3-5H3. The molecule has 0 spiro atoms. The van der Waals surface area contributed by atoms with Gasteiger partial charge in [0.25, 0.3) is 0 Å². The van der Waals surface area contributed by atoms with Crippen LogP contribution in [0.15, 0.2) is 18.2 Å². The van der Waals surface area contributed by atoms with Gasteiger partial charge in [-0.2, -0.15) is 0 Å². The lowest BCUT2D eigenvalue weighted by molar-refractivity contribution is 0.607. The van der Waals surface area contributed by atoms with Crippen molar-refractivity contribution >= 4 is 8.07 Å². The Bertz CT molecular complexity index is 558. The molecule has 0 aliphatic heterocycles. The fourth-order valence-corrected chi connectivity index (χ4v) is 2.88. The van der Waals surface area contributed by atoms with Crippen molar-refractivity contribution in [3.05, 3.63) is 34.9 Å². The molecule has 22 heavy (non-hydrogen) atoms. The highest BCUT2D eigenvalue weighted by atomic mass is 28.3. The highest BCUT2D eigenvalue weighted by molar-refractivity contribution is 6.83. The molecule has 0 radical (unpaired) electrons. The molecular weight excluding hydrogens is 280 g/mol. The number of benzene rings is 1. The smallest absolute Gasteiger partial charge is 0.127 e. The predicted octanol–water partition coefficient (Wildman–Crippen LogP) is 5.80. The Kier molecular flexibility index (Phi) is 8.08. The van der Waals surface area contributed by atoms with Gasteiger partial charge >= 0.3 is 0 Å². The minimum Gasteiger partial charge on any atom is -0.127 e. The molecule has 0 atom stereocenters. The Morgan fingerprint density at radius 3 is 2.18 bits per heavy atom. The van der Waals surface area contributed by atoms with E-state index in [1.54, 1.807) is 0 Å². The van der Waals surface area contributed by atoms with Crippen molar-refractivity contribution in [2.45, 2.75) is 71.5 Å². The quantitative estimate of drug-likeness (QED) is 0.339. The number of hydrogen-bond donors (Lipinski definition) is 0. The van der Waals surface area contributed by atoms with Crippen molar-refractivity contribution in [2.24, 2.45) is 0 Å². The number of unbranched alkanes of at least 4 members (excludes halogenated alkanes) is 5. The average molecular weight is 311 g/mol. The normalized spacial score (nSPS) is 10.7. The molecule has 1 rings (SSSR count). The average Bonchev–Trinajstić information content (AvgIpc) is 2.48. The minimum absolute atomic E-state index is 0.961. The molecule has 0 fully saturated rings. The first-order chi connectivity index (χ1) is 10.4. The highest BCUT2D eigenvalue weighted by Gasteiger charge is 2.07. The summed E-state index contributed by atoms with van der Waals surface area (Å²) in [4.78, 5) is 0. The van der Waals surface area contributed by atoms with Crippen LogP contribution in [0.5, 0.6) is 0 Å². The molecular formula is C21H30Si. The van der Waals surface area contributed by atoms with Crippen molar-refractivity contribution in [3.63, 3.8) is 0 Å². The van der Waals surface area contributed by atoms with Gasteiger partial charge in [-0.3, -0.25) is 0 Å². The van der Waals surface area contributed by atoms with Crippen molar-refractivity contribution in [3.8, 4) is 23.8 Å². The van der Waals surface area contributed by atoms with Gasteiger partial charge in [-0.25, -0.2) is 0 Å². The number of rotatable bonds is 7. The maximum absolute atomic E-state index is 5.59. The van der Waals surface area contributed by atoms with E-state index < -0.39 is 8.07 Å². The third-order valence-electron chi connectivity index (χ3n) is 3.56. The summed E-state index contributed by atoms with van der Waals surface area (Å²) < 4.78 is 0. The van der Waals surface area contributed by atoms with E-state index in [2.05, 4.69) is 56.1 Å². The maximum atomic E-state index is 5.59. The van der Waals surface area contributed by atoms with E-state index >= 15 is 0 Å². The van der Waals surface area contributed by atoms with Gasteiger partial charge in [0.2, 0.25) is 0 Å². The molecule has 1 aromatic rings. The van der Waals surface area contributed by atoms with Crippen LogP contribution in [-0.4, -0.2) is 8.07 Å². The first kappa shape index (κ1) is 18.6. The lowest BCUT2D eigenvalue weighted by Crippen LogP contribution is -2.16. The molecule has 1 heteroatoms. The summed E-state index contributed by atoms with van der Waals surface area (Å²) in [5.41, 5.74) is 6.81. The molecule has 0 saturated heterocycles. The van der Waals surface area contributed by atoms with Gasteiger partial charge in [0.05, 0.1) is 0 Å². The SMILES string of the molecule is C#Cc1cc(C#C[Si](C)(C)C)cc(CCCCCCCC)c1. The van der Waals surface area contributed by atoms with Gasteiger partial charge < -0.3 is 0 Å². The van der Waals surface area contributed by atoms with Crippen LogP contribution in [-0.2, 0) is 6.42 Å². The van der Waals surface area contributed by atoms with Gasteiger partial charge in [0, 0.05) is 11.1 Å². The third kappa shape index (κ3) is 8.11. The zero-order chi connectivity index (χ0) is 16.4. The molecule has 0 heterocycles. The molecule has 0 aromatic heterocycles. The summed E-state index contributed by atoms with van der Waals surface area (Å²) in [6.07, 6.45) is 14.7. The van der Waals surface area contributed by atoms with Crippen LogP contribution in [0, 0.1) is 23.8 Å². The van der Waals surface area contributed by atoms with Crippen LogP contribution in [0.4, 0.5) is 0 Å². The summed E-state index contributed by atoms with van der Waals surface area (Å²) in [6.45, 7) is 9.06. The molecule has 0 bridgehead atoms. The second-order valence-corrected chi connectivity index (χ2v) is 11.8. The largest absolute Gasteiger partial charge is 0.129 e. The number of aryl methyl sites for hydroxylation is 1. The van der Waals surface area contributed by atoms with Gasteiger partial charge in [0.1, 0.15) is 8.07 Å². The molecule has 0 N–H and O–H groups in total.